The smallest absolute Gasteiger partial charge is 0.138 e. The molecule has 3 nitrogen and oxygen atoms in total. The molecule has 110 valence electrons. The predicted octanol–water partition coefficient (Wildman–Crippen LogP) is 1.73. The molecule has 0 aliphatic rings. The number of hydrogen-bond acceptors (Lipinski definition) is 3. The van der Waals surface area contributed by atoms with Crippen LogP contribution in [0.25, 0.3) is 0 Å². The molecule has 0 amide bonds. The van der Waals surface area contributed by atoms with Gasteiger partial charge in [-0.25, -0.2) is 4.39 Å². The Morgan fingerprint density at radius 1 is 1.40 bits per heavy atom. The topological polar surface area (TPSA) is 49.5 Å². The summed E-state index contributed by atoms with van der Waals surface area (Å²) in [5.41, 5.74) is 5.89. The van der Waals surface area contributed by atoms with E-state index in [1.807, 2.05) is 6.92 Å². The highest BCUT2D eigenvalue weighted by molar-refractivity contribution is 5.38. The van der Waals surface area contributed by atoms with Gasteiger partial charge in [0.05, 0.1) is 17.7 Å². The van der Waals surface area contributed by atoms with Gasteiger partial charge in [0, 0.05) is 13.1 Å². The molecule has 4 heteroatoms. The summed E-state index contributed by atoms with van der Waals surface area (Å²) in [7, 11) is 0. The van der Waals surface area contributed by atoms with E-state index in [0.717, 1.165) is 12.1 Å². The molecule has 1 rings (SSSR count). The minimum absolute atomic E-state index is 0.212. The Labute approximate surface area is 120 Å². The maximum Gasteiger partial charge on any atom is 0.138 e. The third kappa shape index (κ3) is 5.70. The molecular weight excluding hydrogens is 255 g/mol. The Balaban J connectivity index is 2.86. The standard InChI is InChI=1S/C16H23FN2O/c1-4-19(12-16(2,3)20)11-13-7-8-15(17)14(10-13)6-5-9-18/h7-8,10,20H,4,9,11-12,18H2,1-3H3. The van der Waals surface area contributed by atoms with Crippen molar-refractivity contribution in [2.24, 2.45) is 5.73 Å². The van der Waals surface area contributed by atoms with Crippen molar-refractivity contribution in [1.29, 1.82) is 0 Å². The van der Waals surface area contributed by atoms with Gasteiger partial charge in [0.15, 0.2) is 0 Å². The predicted molar refractivity (Wildman–Crippen MR) is 79.6 cm³/mol. The highest BCUT2D eigenvalue weighted by Crippen LogP contribution is 2.13. The summed E-state index contributed by atoms with van der Waals surface area (Å²) in [6.45, 7) is 7.82. The molecule has 0 radical (unpaired) electrons. The van der Waals surface area contributed by atoms with E-state index in [4.69, 9.17) is 5.73 Å². The Kier molecular flexibility index (Phi) is 6.15. The number of likely N-dealkylation sites (N-methyl/N-ethyl adjacent to an activating group) is 1. The van der Waals surface area contributed by atoms with Crippen molar-refractivity contribution in [3.05, 3.63) is 35.1 Å². The third-order valence-corrected chi connectivity index (χ3v) is 2.82. The summed E-state index contributed by atoms with van der Waals surface area (Å²) >= 11 is 0. The van der Waals surface area contributed by atoms with Crippen molar-refractivity contribution < 1.29 is 9.50 Å². The largest absolute Gasteiger partial charge is 0.389 e. The number of benzene rings is 1. The fraction of sp³-hybridized carbons (Fsp3) is 0.500. The van der Waals surface area contributed by atoms with E-state index in [9.17, 15) is 9.50 Å². The van der Waals surface area contributed by atoms with Crippen LogP contribution in [0.5, 0.6) is 0 Å². The monoisotopic (exact) mass is 278 g/mol. The lowest BCUT2D eigenvalue weighted by Gasteiger charge is -2.28. The zero-order valence-corrected chi connectivity index (χ0v) is 12.4. The fourth-order valence-corrected chi connectivity index (χ4v) is 2.00. The lowest BCUT2D eigenvalue weighted by Crippen LogP contribution is -2.38. The van der Waals surface area contributed by atoms with Gasteiger partial charge in [-0.15, -0.1) is 0 Å². The van der Waals surface area contributed by atoms with Crippen LogP contribution in [0, 0.1) is 17.7 Å². The normalized spacial score (nSPS) is 11.3. The van der Waals surface area contributed by atoms with Gasteiger partial charge in [-0.3, -0.25) is 4.90 Å². The molecule has 20 heavy (non-hydrogen) atoms. The van der Waals surface area contributed by atoms with Crippen LogP contribution < -0.4 is 5.73 Å². The first kappa shape index (κ1) is 16.6. The van der Waals surface area contributed by atoms with Gasteiger partial charge in [-0.2, -0.15) is 0 Å². The first-order valence-corrected chi connectivity index (χ1v) is 6.78. The minimum Gasteiger partial charge on any atom is -0.389 e. The Morgan fingerprint density at radius 2 is 2.10 bits per heavy atom. The number of halogens is 1. The summed E-state index contributed by atoms with van der Waals surface area (Å²) in [5.74, 6) is 5.06. The van der Waals surface area contributed by atoms with Crippen LogP contribution >= 0.6 is 0 Å². The zero-order chi connectivity index (χ0) is 15.2. The van der Waals surface area contributed by atoms with Crippen molar-refractivity contribution >= 4 is 0 Å². The average Bonchev–Trinajstić information content (AvgIpc) is 2.37. The van der Waals surface area contributed by atoms with E-state index in [1.165, 1.54) is 6.07 Å². The maximum absolute atomic E-state index is 13.6. The summed E-state index contributed by atoms with van der Waals surface area (Å²) < 4.78 is 13.6. The van der Waals surface area contributed by atoms with Gasteiger partial charge in [-0.1, -0.05) is 24.8 Å². The van der Waals surface area contributed by atoms with Crippen molar-refractivity contribution in [1.82, 2.24) is 4.90 Å². The quantitative estimate of drug-likeness (QED) is 0.807. The van der Waals surface area contributed by atoms with Gasteiger partial charge < -0.3 is 10.8 Å². The molecule has 0 spiro atoms. The molecule has 1 aromatic carbocycles. The van der Waals surface area contributed by atoms with Crippen LogP contribution in [-0.4, -0.2) is 35.2 Å². The SMILES string of the molecule is CCN(Cc1ccc(F)c(C#CCN)c1)CC(C)(C)O. The highest BCUT2D eigenvalue weighted by Gasteiger charge is 2.17. The van der Waals surface area contributed by atoms with Crippen molar-refractivity contribution in [3.8, 4) is 11.8 Å². The van der Waals surface area contributed by atoms with E-state index in [2.05, 4.69) is 16.7 Å². The third-order valence-electron chi connectivity index (χ3n) is 2.82. The van der Waals surface area contributed by atoms with E-state index in [1.54, 1.807) is 26.0 Å². The fourth-order valence-electron chi connectivity index (χ4n) is 2.00. The summed E-state index contributed by atoms with van der Waals surface area (Å²) in [6, 6.07) is 4.91. The molecule has 0 aliphatic carbocycles. The van der Waals surface area contributed by atoms with Gasteiger partial charge in [0.25, 0.3) is 0 Å². The van der Waals surface area contributed by atoms with E-state index in [0.29, 0.717) is 18.7 Å². The first-order valence-electron chi connectivity index (χ1n) is 6.78. The molecule has 0 heterocycles. The number of aliphatic hydroxyl groups is 1. The summed E-state index contributed by atoms with van der Waals surface area (Å²) in [6.07, 6.45) is 0. The van der Waals surface area contributed by atoms with Crippen LogP contribution in [0.4, 0.5) is 4.39 Å². The second-order valence-electron chi connectivity index (χ2n) is 5.44. The Hall–Kier alpha value is -1.41. The summed E-state index contributed by atoms with van der Waals surface area (Å²) in [4.78, 5) is 2.10. The minimum atomic E-state index is -0.752. The molecule has 0 bridgehead atoms. The molecular formula is C16H23FN2O. The van der Waals surface area contributed by atoms with Gasteiger partial charge in [-0.05, 0) is 38.1 Å². The lowest BCUT2D eigenvalue weighted by atomic mass is 10.1. The molecule has 0 unspecified atom stereocenters. The first-order chi connectivity index (χ1) is 9.35. The van der Waals surface area contributed by atoms with Crippen LogP contribution in [0.15, 0.2) is 18.2 Å². The highest BCUT2D eigenvalue weighted by atomic mass is 19.1. The molecule has 0 aromatic heterocycles. The van der Waals surface area contributed by atoms with Crippen LogP contribution in [-0.2, 0) is 6.54 Å². The second kappa shape index (κ2) is 7.39. The van der Waals surface area contributed by atoms with Crippen molar-refractivity contribution in [2.75, 3.05) is 19.6 Å². The summed E-state index contributed by atoms with van der Waals surface area (Å²) in [5, 5.41) is 9.87. The van der Waals surface area contributed by atoms with Crippen LogP contribution in [0.1, 0.15) is 31.9 Å². The Morgan fingerprint density at radius 3 is 2.65 bits per heavy atom. The zero-order valence-electron chi connectivity index (χ0n) is 12.4. The van der Waals surface area contributed by atoms with Crippen LogP contribution in [0.2, 0.25) is 0 Å². The number of rotatable bonds is 5. The van der Waals surface area contributed by atoms with E-state index < -0.39 is 5.60 Å². The molecule has 0 fully saturated rings. The molecule has 0 aliphatic heterocycles. The molecule has 0 atom stereocenters. The van der Waals surface area contributed by atoms with E-state index in [-0.39, 0.29) is 12.4 Å². The average molecular weight is 278 g/mol. The lowest BCUT2D eigenvalue weighted by molar-refractivity contribution is 0.0353. The molecule has 3 N–H and O–H groups in total. The van der Waals surface area contributed by atoms with Gasteiger partial charge in [0.1, 0.15) is 5.82 Å². The van der Waals surface area contributed by atoms with Crippen LogP contribution in [0.3, 0.4) is 0 Å². The number of nitrogens with zero attached hydrogens (tertiary/aromatic N) is 1. The molecule has 0 saturated carbocycles. The Bertz CT molecular complexity index is 497. The van der Waals surface area contributed by atoms with Gasteiger partial charge >= 0.3 is 0 Å². The van der Waals surface area contributed by atoms with E-state index >= 15 is 0 Å². The number of nitrogens with two attached hydrogens (primary N) is 1. The molecule has 1 aromatic rings. The van der Waals surface area contributed by atoms with Gasteiger partial charge in [0.2, 0.25) is 0 Å². The second-order valence-corrected chi connectivity index (χ2v) is 5.44. The maximum atomic E-state index is 13.6. The number of hydrogen-bond donors (Lipinski definition) is 2. The molecule has 0 saturated heterocycles. The van der Waals surface area contributed by atoms with Crippen molar-refractivity contribution in [3.63, 3.8) is 0 Å². The van der Waals surface area contributed by atoms with Crippen molar-refractivity contribution in [2.45, 2.75) is 32.9 Å².